The quantitative estimate of drug-likeness (QED) is 0.492. The highest BCUT2D eigenvalue weighted by Gasteiger charge is 2.30. The minimum atomic E-state index is -0.724. The summed E-state index contributed by atoms with van der Waals surface area (Å²) < 4.78 is 27.1. The van der Waals surface area contributed by atoms with Gasteiger partial charge in [-0.2, -0.15) is 0 Å². The molecule has 1 fully saturated rings. The molecule has 6 nitrogen and oxygen atoms in total. The van der Waals surface area contributed by atoms with Crippen molar-refractivity contribution in [1.82, 2.24) is 10.2 Å². The van der Waals surface area contributed by atoms with E-state index in [-0.39, 0.29) is 36.4 Å². The summed E-state index contributed by atoms with van der Waals surface area (Å²) in [5.41, 5.74) is 0.680. The van der Waals surface area contributed by atoms with Crippen LogP contribution >= 0.6 is 27.5 Å². The van der Waals surface area contributed by atoms with Crippen LogP contribution in [0.4, 0.5) is 9.18 Å². The zero-order valence-corrected chi connectivity index (χ0v) is 21.3. The van der Waals surface area contributed by atoms with Crippen molar-refractivity contribution in [1.29, 1.82) is 0 Å². The Kier molecular flexibility index (Phi) is 7.90. The first-order valence-corrected chi connectivity index (χ1v) is 11.7. The van der Waals surface area contributed by atoms with E-state index in [2.05, 4.69) is 21.2 Å². The van der Waals surface area contributed by atoms with Crippen LogP contribution in [0.15, 0.2) is 34.8 Å². The zero-order chi connectivity index (χ0) is 24.3. The number of hydrogen-bond donors (Lipinski definition) is 1. The summed E-state index contributed by atoms with van der Waals surface area (Å²) in [6, 6.07) is 8.24. The highest BCUT2D eigenvalue weighted by molar-refractivity contribution is 9.10. The number of amides is 2. The van der Waals surface area contributed by atoms with Crippen LogP contribution in [-0.4, -0.2) is 42.2 Å². The third-order valence-electron chi connectivity index (χ3n) is 5.16. The number of ether oxygens (including phenoxy) is 2. The summed E-state index contributed by atoms with van der Waals surface area (Å²) in [5, 5.41) is 3.30. The largest absolute Gasteiger partial charge is 0.496 e. The van der Waals surface area contributed by atoms with Gasteiger partial charge in [0.05, 0.1) is 18.7 Å². The number of methoxy groups -OCH3 is 1. The standard InChI is InChI=1S/C24H27BrClFN2O4/c1-24(2,3)33-23(31)29(12-15-8-9-21(30)28-15)13-17-19(27)10-14(11-20(17)32-4)16-6-5-7-18(25)22(16)26/h5-7,10-11,15H,8-9,12-13H2,1-4H3,(H,28,30)/t15-/m0/s1. The van der Waals surface area contributed by atoms with Gasteiger partial charge in [-0.05, 0) is 66.9 Å². The van der Waals surface area contributed by atoms with Crippen LogP contribution in [0, 0.1) is 5.82 Å². The van der Waals surface area contributed by atoms with Crippen LogP contribution in [0.3, 0.4) is 0 Å². The van der Waals surface area contributed by atoms with Crippen molar-refractivity contribution in [3.8, 4) is 16.9 Å². The Morgan fingerprint density at radius 1 is 1.33 bits per heavy atom. The molecule has 178 valence electrons. The Bertz CT molecular complexity index is 1060. The average Bonchev–Trinajstić information content (AvgIpc) is 3.14. The van der Waals surface area contributed by atoms with Gasteiger partial charge in [0.2, 0.25) is 5.91 Å². The zero-order valence-electron chi connectivity index (χ0n) is 19.0. The summed E-state index contributed by atoms with van der Waals surface area (Å²) in [6.45, 7) is 5.40. The highest BCUT2D eigenvalue weighted by atomic mass is 79.9. The monoisotopic (exact) mass is 540 g/mol. The van der Waals surface area contributed by atoms with Gasteiger partial charge in [0.1, 0.15) is 17.2 Å². The molecule has 0 saturated carbocycles. The molecule has 1 saturated heterocycles. The molecule has 33 heavy (non-hydrogen) atoms. The summed E-state index contributed by atoms with van der Waals surface area (Å²) in [4.78, 5) is 25.9. The first-order chi connectivity index (χ1) is 15.5. The molecule has 0 aliphatic carbocycles. The van der Waals surface area contributed by atoms with Crippen LogP contribution in [0.2, 0.25) is 5.02 Å². The van der Waals surface area contributed by atoms with E-state index in [1.54, 1.807) is 39.0 Å². The van der Waals surface area contributed by atoms with E-state index in [9.17, 15) is 9.59 Å². The van der Waals surface area contributed by atoms with E-state index >= 15 is 4.39 Å². The van der Waals surface area contributed by atoms with E-state index in [1.165, 1.54) is 18.1 Å². The Labute approximate surface area is 206 Å². The van der Waals surface area contributed by atoms with Gasteiger partial charge in [0.25, 0.3) is 0 Å². The summed E-state index contributed by atoms with van der Waals surface area (Å²) in [6.07, 6.45) is 0.397. The van der Waals surface area contributed by atoms with Crippen LogP contribution in [-0.2, 0) is 16.1 Å². The molecule has 2 aromatic rings. The van der Waals surface area contributed by atoms with Crippen LogP contribution < -0.4 is 10.1 Å². The number of carbonyl (C=O) groups is 2. The molecule has 1 aliphatic rings. The minimum Gasteiger partial charge on any atom is -0.496 e. The van der Waals surface area contributed by atoms with Crippen molar-refractivity contribution in [2.75, 3.05) is 13.7 Å². The number of nitrogens with zero attached hydrogens (tertiary/aromatic N) is 1. The predicted octanol–water partition coefficient (Wildman–Crippen LogP) is 5.93. The fourth-order valence-electron chi connectivity index (χ4n) is 3.63. The number of hydrogen-bond acceptors (Lipinski definition) is 4. The fourth-order valence-corrected chi connectivity index (χ4v) is 4.23. The van der Waals surface area contributed by atoms with Gasteiger partial charge in [-0.15, -0.1) is 0 Å². The lowest BCUT2D eigenvalue weighted by molar-refractivity contribution is -0.119. The molecule has 1 N–H and O–H groups in total. The van der Waals surface area contributed by atoms with E-state index in [4.69, 9.17) is 21.1 Å². The minimum absolute atomic E-state index is 0.0665. The first-order valence-electron chi connectivity index (χ1n) is 10.6. The molecule has 3 rings (SSSR count). The summed E-state index contributed by atoms with van der Waals surface area (Å²) in [5.74, 6) is -0.322. The van der Waals surface area contributed by atoms with Gasteiger partial charge in [-0.25, -0.2) is 9.18 Å². The SMILES string of the molecule is COc1cc(-c2cccc(Br)c2Cl)cc(F)c1CN(C[C@@H]1CCC(=O)N1)C(=O)OC(C)(C)C. The lowest BCUT2D eigenvalue weighted by Crippen LogP contribution is -2.44. The van der Waals surface area contributed by atoms with Gasteiger partial charge >= 0.3 is 6.09 Å². The normalized spacial score (nSPS) is 15.8. The molecule has 0 bridgehead atoms. The third kappa shape index (κ3) is 6.38. The maximum atomic E-state index is 15.4. The number of rotatable bonds is 6. The Morgan fingerprint density at radius 2 is 2.06 bits per heavy atom. The number of halogens is 3. The third-order valence-corrected chi connectivity index (χ3v) is 6.46. The van der Waals surface area contributed by atoms with Gasteiger partial charge in [-0.3, -0.25) is 4.79 Å². The molecule has 0 unspecified atom stereocenters. The molecule has 1 heterocycles. The van der Waals surface area contributed by atoms with Gasteiger partial charge in [-0.1, -0.05) is 23.7 Å². The molecule has 0 radical (unpaired) electrons. The summed E-state index contributed by atoms with van der Waals surface area (Å²) >= 11 is 9.78. The second-order valence-corrected chi connectivity index (χ2v) is 10.1. The van der Waals surface area contributed by atoms with Crippen molar-refractivity contribution >= 4 is 39.5 Å². The van der Waals surface area contributed by atoms with Crippen molar-refractivity contribution in [2.24, 2.45) is 0 Å². The number of nitrogens with one attached hydrogen (secondary N) is 1. The molecule has 1 atom stereocenters. The molecule has 1 aliphatic heterocycles. The topological polar surface area (TPSA) is 67.9 Å². The van der Waals surface area contributed by atoms with Crippen molar-refractivity contribution in [3.63, 3.8) is 0 Å². The maximum Gasteiger partial charge on any atom is 0.410 e. The molecule has 0 spiro atoms. The summed E-state index contributed by atoms with van der Waals surface area (Å²) in [7, 11) is 1.44. The molecule has 0 aromatic heterocycles. The Hall–Kier alpha value is -2.32. The Morgan fingerprint density at radius 3 is 2.67 bits per heavy atom. The maximum absolute atomic E-state index is 15.4. The van der Waals surface area contributed by atoms with Gasteiger partial charge in [0.15, 0.2) is 0 Å². The number of carbonyl (C=O) groups excluding carboxylic acids is 2. The van der Waals surface area contributed by atoms with Crippen LogP contribution in [0.1, 0.15) is 39.2 Å². The van der Waals surface area contributed by atoms with Crippen molar-refractivity contribution in [2.45, 2.75) is 51.8 Å². The fraction of sp³-hybridized carbons (Fsp3) is 0.417. The predicted molar refractivity (Wildman–Crippen MR) is 129 cm³/mol. The molecule has 9 heteroatoms. The van der Waals surface area contributed by atoms with Gasteiger partial charge < -0.3 is 19.7 Å². The van der Waals surface area contributed by atoms with Crippen molar-refractivity contribution in [3.05, 3.63) is 51.2 Å². The van der Waals surface area contributed by atoms with E-state index < -0.39 is 17.5 Å². The second kappa shape index (κ2) is 10.3. The van der Waals surface area contributed by atoms with E-state index in [0.717, 1.165) is 0 Å². The molecular weight excluding hydrogens is 515 g/mol. The van der Waals surface area contributed by atoms with Crippen LogP contribution in [0.5, 0.6) is 5.75 Å². The second-order valence-electron chi connectivity index (χ2n) is 8.90. The van der Waals surface area contributed by atoms with E-state index in [1.807, 2.05) is 6.07 Å². The molecule has 2 aromatic carbocycles. The lowest BCUT2D eigenvalue weighted by atomic mass is 10.0. The highest BCUT2D eigenvalue weighted by Crippen LogP contribution is 2.37. The Balaban J connectivity index is 1.94. The van der Waals surface area contributed by atoms with Crippen LogP contribution in [0.25, 0.3) is 11.1 Å². The van der Waals surface area contributed by atoms with Crippen molar-refractivity contribution < 1.29 is 23.5 Å². The number of benzene rings is 2. The molecule has 2 amide bonds. The smallest absolute Gasteiger partial charge is 0.410 e. The van der Waals surface area contributed by atoms with Gasteiger partial charge in [0, 0.05) is 34.6 Å². The molecular formula is C24H27BrClFN2O4. The van der Waals surface area contributed by atoms with E-state index in [0.29, 0.717) is 33.5 Å². The lowest BCUT2D eigenvalue weighted by Gasteiger charge is -2.30. The average molecular weight is 542 g/mol. The first kappa shape index (κ1) is 25.3.